The number of aromatic nitrogens is 2. The maximum absolute atomic E-state index is 12.2. The number of carbonyl (C=O) groups is 1. The van der Waals surface area contributed by atoms with Crippen LogP contribution in [-0.4, -0.2) is 15.8 Å². The highest BCUT2D eigenvalue weighted by molar-refractivity contribution is 6.10. The average molecular weight is 212 g/mol. The lowest BCUT2D eigenvalue weighted by Gasteiger charge is -2.05. The first-order valence-electron chi connectivity index (χ1n) is 5.06. The summed E-state index contributed by atoms with van der Waals surface area (Å²) < 4.78 is 0. The van der Waals surface area contributed by atoms with Gasteiger partial charge in [0, 0.05) is 35.9 Å². The summed E-state index contributed by atoms with van der Waals surface area (Å²) in [4.78, 5) is 20.2. The van der Waals surface area contributed by atoms with Crippen LogP contribution < -0.4 is 0 Å². The maximum atomic E-state index is 12.2. The summed E-state index contributed by atoms with van der Waals surface area (Å²) in [5, 5.41) is 0. The normalized spacial score (nSPS) is 10.1. The van der Waals surface area contributed by atoms with E-state index in [1.54, 1.807) is 30.9 Å². The average Bonchev–Trinajstić information content (AvgIpc) is 2.29. The van der Waals surface area contributed by atoms with Crippen molar-refractivity contribution in [1.82, 2.24) is 9.97 Å². The standard InChI is InChI=1S/C13H12N2O/c1-9-3-5-15-8-12(9)13(16)11-4-6-14-7-10(11)2/h3-8H,1-2H3. The van der Waals surface area contributed by atoms with Crippen LogP contribution in [0.15, 0.2) is 36.9 Å². The van der Waals surface area contributed by atoms with Crippen LogP contribution in [0.5, 0.6) is 0 Å². The molecular formula is C13H12N2O. The molecule has 0 atom stereocenters. The van der Waals surface area contributed by atoms with Gasteiger partial charge in [-0.1, -0.05) is 0 Å². The number of rotatable bonds is 2. The molecule has 2 rings (SSSR count). The Kier molecular flexibility index (Phi) is 2.77. The third kappa shape index (κ3) is 1.84. The van der Waals surface area contributed by atoms with E-state index < -0.39 is 0 Å². The zero-order chi connectivity index (χ0) is 11.5. The zero-order valence-corrected chi connectivity index (χ0v) is 9.27. The van der Waals surface area contributed by atoms with E-state index in [0.29, 0.717) is 11.1 Å². The van der Waals surface area contributed by atoms with Crippen LogP contribution in [0.25, 0.3) is 0 Å². The van der Waals surface area contributed by atoms with Gasteiger partial charge in [0.2, 0.25) is 0 Å². The highest BCUT2D eigenvalue weighted by Crippen LogP contribution is 2.14. The summed E-state index contributed by atoms with van der Waals surface area (Å²) in [6, 6.07) is 3.58. The molecule has 0 aliphatic rings. The predicted molar refractivity (Wildman–Crippen MR) is 61.4 cm³/mol. The molecule has 0 aromatic carbocycles. The van der Waals surface area contributed by atoms with E-state index in [-0.39, 0.29) is 5.78 Å². The van der Waals surface area contributed by atoms with Gasteiger partial charge in [-0.3, -0.25) is 14.8 Å². The number of hydrogen-bond donors (Lipinski definition) is 0. The minimum Gasteiger partial charge on any atom is -0.289 e. The number of aryl methyl sites for hydroxylation is 2. The number of nitrogens with zero attached hydrogens (tertiary/aromatic N) is 2. The number of carbonyl (C=O) groups excluding carboxylic acids is 1. The van der Waals surface area contributed by atoms with Gasteiger partial charge in [-0.15, -0.1) is 0 Å². The van der Waals surface area contributed by atoms with E-state index in [2.05, 4.69) is 9.97 Å². The molecule has 0 saturated heterocycles. The molecule has 0 amide bonds. The lowest BCUT2D eigenvalue weighted by molar-refractivity contribution is 0.103. The fourth-order valence-electron chi connectivity index (χ4n) is 1.57. The molecule has 80 valence electrons. The molecular weight excluding hydrogens is 200 g/mol. The monoisotopic (exact) mass is 212 g/mol. The molecule has 0 aliphatic carbocycles. The fourth-order valence-corrected chi connectivity index (χ4v) is 1.57. The molecule has 0 radical (unpaired) electrons. The van der Waals surface area contributed by atoms with E-state index in [4.69, 9.17) is 0 Å². The first-order chi connectivity index (χ1) is 7.70. The molecule has 0 spiro atoms. The van der Waals surface area contributed by atoms with Crippen molar-refractivity contribution in [3.8, 4) is 0 Å². The van der Waals surface area contributed by atoms with Gasteiger partial charge in [0.05, 0.1) is 0 Å². The van der Waals surface area contributed by atoms with Gasteiger partial charge < -0.3 is 0 Å². The predicted octanol–water partition coefficient (Wildman–Crippen LogP) is 2.32. The number of pyridine rings is 2. The van der Waals surface area contributed by atoms with Crippen molar-refractivity contribution in [2.24, 2.45) is 0 Å². The van der Waals surface area contributed by atoms with Crippen molar-refractivity contribution in [2.45, 2.75) is 13.8 Å². The molecule has 0 saturated carbocycles. The molecule has 2 aromatic rings. The lowest BCUT2D eigenvalue weighted by Crippen LogP contribution is -2.06. The number of ketones is 1. The van der Waals surface area contributed by atoms with Crippen LogP contribution in [0, 0.1) is 13.8 Å². The summed E-state index contributed by atoms with van der Waals surface area (Å²) in [5.74, 6) is 0.00509. The maximum Gasteiger partial charge on any atom is 0.195 e. The molecule has 3 nitrogen and oxygen atoms in total. The SMILES string of the molecule is Cc1cnccc1C(=O)c1cnccc1C. The van der Waals surface area contributed by atoms with Crippen LogP contribution in [0.4, 0.5) is 0 Å². The summed E-state index contributed by atoms with van der Waals surface area (Å²) in [6.07, 6.45) is 6.62. The topological polar surface area (TPSA) is 42.9 Å². The van der Waals surface area contributed by atoms with Crippen LogP contribution in [0.3, 0.4) is 0 Å². The number of hydrogen-bond acceptors (Lipinski definition) is 3. The summed E-state index contributed by atoms with van der Waals surface area (Å²) in [6.45, 7) is 3.79. The highest BCUT2D eigenvalue weighted by atomic mass is 16.1. The lowest BCUT2D eigenvalue weighted by atomic mass is 9.99. The largest absolute Gasteiger partial charge is 0.289 e. The molecule has 0 aliphatic heterocycles. The zero-order valence-electron chi connectivity index (χ0n) is 9.27. The second-order valence-electron chi connectivity index (χ2n) is 3.71. The van der Waals surface area contributed by atoms with Crippen LogP contribution in [0.2, 0.25) is 0 Å². The van der Waals surface area contributed by atoms with Gasteiger partial charge in [-0.05, 0) is 37.1 Å². The van der Waals surface area contributed by atoms with Gasteiger partial charge >= 0.3 is 0 Å². The summed E-state index contributed by atoms with van der Waals surface area (Å²) in [7, 11) is 0. The molecule has 2 aromatic heterocycles. The third-order valence-electron chi connectivity index (χ3n) is 2.55. The van der Waals surface area contributed by atoms with Gasteiger partial charge in [0.25, 0.3) is 0 Å². The second-order valence-corrected chi connectivity index (χ2v) is 3.71. The Hall–Kier alpha value is -2.03. The Balaban J connectivity index is 2.48. The Morgan fingerprint density at radius 2 is 1.62 bits per heavy atom. The second kappa shape index (κ2) is 4.23. The van der Waals surface area contributed by atoms with Gasteiger partial charge in [0.15, 0.2) is 5.78 Å². The Morgan fingerprint density at radius 1 is 0.938 bits per heavy atom. The van der Waals surface area contributed by atoms with E-state index >= 15 is 0 Å². The fraction of sp³-hybridized carbons (Fsp3) is 0.154. The minimum atomic E-state index is 0.00509. The highest BCUT2D eigenvalue weighted by Gasteiger charge is 2.13. The van der Waals surface area contributed by atoms with E-state index in [1.807, 2.05) is 19.9 Å². The third-order valence-corrected chi connectivity index (χ3v) is 2.55. The molecule has 16 heavy (non-hydrogen) atoms. The van der Waals surface area contributed by atoms with Gasteiger partial charge in [-0.25, -0.2) is 0 Å². The Bertz CT molecular complexity index is 487. The van der Waals surface area contributed by atoms with Crippen molar-refractivity contribution < 1.29 is 4.79 Å². The Morgan fingerprint density at radius 3 is 2.31 bits per heavy atom. The van der Waals surface area contributed by atoms with Crippen LogP contribution in [-0.2, 0) is 0 Å². The van der Waals surface area contributed by atoms with Gasteiger partial charge in [-0.2, -0.15) is 0 Å². The molecule has 3 heteroatoms. The Labute approximate surface area is 94.2 Å². The van der Waals surface area contributed by atoms with Crippen molar-refractivity contribution >= 4 is 5.78 Å². The summed E-state index contributed by atoms with van der Waals surface area (Å²) >= 11 is 0. The summed E-state index contributed by atoms with van der Waals surface area (Å²) in [5.41, 5.74) is 3.16. The van der Waals surface area contributed by atoms with Crippen molar-refractivity contribution in [3.63, 3.8) is 0 Å². The van der Waals surface area contributed by atoms with Crippen molar-refractivity contribution in [1.29, 1.82) is 0 Å². The first kappa shape index (κ1) is 10.5. The molecule has 2 heterocycles. The minimum absolute atomic E-state index is 0.00509. The van der Waals surface area contributed by atoms with Crippen LogP contribution in [0.1, 0.15) is 27.0 Å². The first-order valence-corrected chi connectivity index (χ1v) is 5.06. The molecule has 0 N–H and O–H groups in total. The van der Waals surface area contributed by atoms with E-state index in [1.165, 1.54) is 0 Å². The van der Waals surface area contributed by atoms with Crippen molar-refractivity contribution in [3.05, 3.63) is 59.2 Å². The smallest absolute Gasteiger partial charge is 0.195 e. The molecule has 0 fully saturated rings. The van der Waals surface area contributed by atoms with E-state index in [0.717, 1.165) is 11.1 Å². The molecule has 0 bridgehead atoms. The van der Waals surface area contributed by atoms with Crippen LogP contribution >= 0.6 is 0 Å². The quantitative estimate of drug-likeness (QED) is 0.717. The van der Waals surface area contributed by atoms with Crippen molar-refractivity contribution in [2.75, 3.05) is 0 Å². The molecule has 0 unspecified atom stereocenters. The van der Waals surface area contributed by atoms with E-state index in [9.17, 15) is 4.79 Å². The van der Waals surface area contributed by atoms with Gasteiger partial charge in [0.1, 0.15) is 0 Å².